The van der Waals surface area contributed by atoms with Gasteiger partial charge in [-0.15, -0.1) is 5.10 Å². The number of nitrogens with two attached hydrogens (primary N) is 1. The number of halogens is 1. The Balaban J connectivity index is 1.79. The predicted molar refractivity (Wildman–Crippen MR) is 113 cm³/mol. The van der Waals surface area contributed by atoms with Crippen molar-refractivity contribution in [3.63, 3.8) is 0 Å². The van der Waals surface area contributed by atoms with Gasteiger partial charge in [-0.1, -0.05) is 40.7 Å². The van der Waals surface area contributed by atoms with E-state index in [0.717, 1.165) is 28.8 Å². The number of anilines is 1. The summed E-state index contributed by atoms with van der Waals surface area (Å²) in [4.78, 5) is 20.8. The Hall–Kier alpha value is -3.32. The van der Waals surface area contributed by atoms with Crippen LogP contribution in [0, 0.1) is 5.41 Å². The summed E-state index contributed by atoms with van der Waals surface area (Å²) in [6, 6.07) is 13.2. The zero-order valence-electron chi connectivity index (χ0n) is 16.1. The molecule has 148 valence electrons. The minimum atomic E-state index is -0.623. The molecule has 1 aliphatic carbocycles. The summed E-state index contributed by atoms with van der Waals surface area (Å²) in [5.41, 5.74) is 10.4. The van der Waals surface area contributed by atoms with Gasteiger partial charge in [0.1, 0.15) is 5.69 Å². The molecule has 0 atom stereocenters. The molecular formula is C21H20ClN5O2. The van der Waals surface area contributed by atoms with E-state index in [4.69, 9.17) is 27.6 Å². The largest absolute Gasteiger partial charge is 0.378 e. The number of aryl methyl sites for hydroxylation is 1. The van der Waals surface area contributed by atoms with Gasteiger partial charge in [-0.25, -0.2) is 0 Å². The number of carbonyl (C=O) groups excluding carboxylic acids is 1. The van der Waals surface area contributed by atoms with Gasteiger partial charge in [-0.2, -0.15) is 0 Å². The van der Waals surface area contributed by atoms with Crippen molar-refractivity contribution in [2.45, 2.75) is 12.8 Å². The second-order valence-corrected chi connectivity index (χ2v) is 7.46. The molecule has 8 heteroatoms. The lowest BCUT2D eigenvalue weighted by Gasteiger charge is -2.19. The van der Waals surface area contributed by atoms with Gasteiger partial charge in [0.15, 0.2) is 5.69 Å². The normalized spacial score (nSPS) is 12.1. The molecule has 1 heterocycles. The molecule has 0 fully saturated rings. The van der Waals surface area contributed by atoms with Gasteiger partial charge in [0.2, 0.25) is 5.90 Å². The van der Waals surface area contributed by atoms with E-state index in [2.05, 4.69) is 5.10 Å². The molecule has 0 unspecified atom stereocenters. The van der Waals surface area contributed by atoms with Crippen molar-refractivity contribution in [2.24, 2.45) is 5.73 Å². The maximum absolute atomic E-state index is 11.9. The number of hydrogen-bond donors (Lipinski definition) is 2. The van der Waals surface area contributed by atoms with Crippen LogP contribution in [0.4, 0.5) is 5.69 Å². The van der Waals surface area contributed by atoms with E-state index in [1.54, 1.807) is 12.1 Å². The van der Waals surface area contributed by atoms with Crippen molar-refractivity contribution >= 4 is 29.1 Å². The van der Waals surface area contributed by atoms with E-state index >= 15 is 0 Å². The van der Waals surface area contributed by atoms with Crippen molar-refractivity contribution in [1.29, 1.82) is 5.41 Å². The summed E-state index contributed by atoms with van der Waals surface area (Å²) in [7, 11) is 3.80. The van der Waals surface area contributed by atoms with Gasteiger partial charge >= 0.3 is 0 Å². The molecule has 0 spiro atoms. The summed E-state index contributed by atoms with van der Waals surface area (Å²) >= 11 is 6.30. The first-order valence-corrected chi connectivity index (χ1v) is 9.48. The monoisotopic (exact) mass is 409 g/mol. The third-order valence-corrected chi connectivity index (χ3v) is 5.32. The van der Waals surface area contributed by atoms with Crippen molar-refractivity contribution in [3.8, 4) is 11.3 Å². The number of primary amides is 1. The van der Waals surface area contributed by atoms with Gasteiger partial charge < -0.3 is 15.5 Å². The molecule has 1 amide bonds. The van der Waals surface area contributed by atoms with E-state index < -0.39 is 5.91 Å². The van der Waals surface area contributed by atoms with Gasteiger partial charge in [-0.3, -0.25) is 10.2 Å². The highest BCUT2D eigenvalue weighted by Gasteiger charge is 2.29. The zero-order valence-corrected chi connectivity index (χ0v) is 16.8. The van der Waals surface area contributed by atoms with E-state index in [0.29, 0.717) is 22.7 Å². The third kappa shape index (κ3) is 3.34. The molecule has 3 N–H and O–H groups in total. The first kappa shape index (κ1) is 19.0. The van der Waals surface area contributed by atoms with Crippen LogP contribution in [0.1, 0.15) is 27.2 Å². The van der Waals surface area contributed by atoms with E-state index in [-0.39, 0.29) is 11.6 Å². The maximum Gasteiger partial charge on any atom is 0.269 e. The number of fused-ring (bicyclic) bond motifs is 3. The molecule has 7 nitrogen and oxygen atoms in total. The van der Waals surface area contributed by atoms with Crippen LogP contribution in [0.15, 0.2) is 42.5 Å². The Morgan fingerprint density at radius 2 is 2.00 bits per heavy atom. The second-order valence-electron chi connectivity index (χ2n) is 7.05. The summed E-state index contributed by atoms with van der Waals surface area (Å²) in [5.74, 6) is -0.801. The van der Waals surface area contributed by atoms with E-state index in [1.165, 1.54) is 4.85 Å². The molecule has 2 aromatic carbocycles. The fourth-order valence-electron chi connectivity index (χ4n) is 3.53. The molecule has 1 aromatic heterocycles. The average molecular weight is 410 g/mol. The smallest absolute Gasteiger partial charge is 0.269 e. The fraction of sp³-hybridized carbons (Fsp3) is 0.190. The highest BCUT2D eigenvalue weighted by atomic mass is 35.5. The van der Waals surface area contributed by atoms with Crippen molar-refractivity contribution in [3.05, 3.63) is 69.9 Å². The number of nitrogens with one attached hydrogen (secondary N) is 1. The lowest BCUT2D eigenvalue weighted by atomic mass is 9.89. The van der Waals surface area contributed by atoms with Crippen LogP contribution in [0.5, 0.6) is 0 Å². The highest BCUT2D eigenvalue weighted by Crippen LogP contribution is 2.35. The third-order valence-electron chi connectivity index (χ3n) is 4.99. The van der Waals surface area contributed by atoms with Gasteiger partial charge in [-0.05, 0) is 36.6 Å². The van der Waals surface area contributed by atoms with Crippen LogP contribution in [0.3, 0.4) is 0 Å². The number of rotatable bonds is 4. The molecule has 4 rings (SSSR count). The second kappa shape index (κ2) is 7.25. The Bertz CT molecular complexity index is 1140. The van der Waals surface area contributed by atoms with Gasteiger partial charge in [0.05, 0.1) is 10.6 Å². The lowest BCUT2D eigenvalue weighted by Crippen LogP contribution is -2.24. The predicted octanol–water partition coefficient (Wildman–Crippen LogP) is 2.92. The maximum atomic E-state index is 11.9. The quantitative estimate of drug-likeness (QED) is 0.511. The summed E-state index contributed by atoms with van der Waals surface area (Å²) in [6.07, 6.45) is 1.40. The van der Waals surface area contributed by atoms with Crippen LogP contribution in [0.2, 0.25) is 5.02 Å². The summed E-state index contributed by atoms with van der Waals surface area (Å²) in [6.45, 7) is 0. The Kier molecular flexibility index (Phi) is 4.76. The molecule has 1 aliphatic rings. The number of amides is 1. The van der Waals surface area contributed by atoms with Crippen LogP contribution < -0.4 is 15.5 Å². The molecule has 3 aromatic rings. The molecular weight excluding hydrogens is 390 g/mol. The number of hydrogen-bond acceptors (Lipinski definition) is 5. The van der Waals surface area contributed by atoms with Crippen LogP contribution >= 0.6 is 11.6 Å². The van der Waals surface area contributed by atoms with E-state index in [9.17, 15) is 4.79 Å². The van der Waals surface area contributed by atoms with Crippen molar-refractivity contribution in [1.82, 2.24) is 9.94 Å². The Morgan fingerprint density at radius 1 is 1.24 bits per heavy atom. The van der Waals surface area contributed by atoms with Crippen LogP contribution in [0.25, 0.3) is 11.3 Å². The molecule has 0 aliphatic heterocycles. The highest BCUT2D eigenvalue weighted by molar-refractivity contribution is 6.33. The topological polar surface area (TPSA) is 97.2 Å². The van der Waals surface area contributed by atoms with Crippen molar-refractivity contribution < 1.29 is 9.63 Å². The number of benzene rings is 2. The first-order chi connectivity index (χ1) is 13.9. The first-order valence-electron chi connectivity index (χ1n) is 9.11. The SMILES string of the molecule is CN(C)c1ccc(Cl)c(C(=N)On2nc(C(N)=O)c3c2-c2ccccc2CC3)c1. The van der Waals surface area contributed by atoms with Crippen LogP contribution in [-0.4, -0.2) is 35.8 Å². The van der Waals surface area contributed by atoms with E-state index in [1.807, 2.05) is 49.3 Å². The van der Waals surface area contributed by atoms with Gasteiger partial charge in [0, 0.05) is 30.9 Å². The number of nitrogens with zero attached hydrogens (tertiary/aromatic N) is 3. The molecule has 0 saturated heterocycles. The van der Waals surface area contributed by atoms with Crippen LogP contribution in [-0.2, 0) is 12.8 Å². The average Bonchev–Trinajstić information content (AvgIpc) is 3.07. The van der Waals surface area contributed by atoms with Crippen molar-refractivity contribution in [2.75, 3.05) is 19.0 Å². The fourth-order valence-corrected chi connectivity index (χ4v) is 3.73. The Morgan fingerprint density at radius 3 is 2.72 bits per heavy atom. The summed E-state index contributed by atoms with van der Waals surface area (Å²) < 4.78 is 0. The lowest BCUT2D eigenvalue weighted by molar-refractivity contribution is 0.0989. The minimum Gasteiger partial charge on any atom is -0.378 e. The number of carbonyl (C=O) groups is 1. The number of aromatic nitrogens is 2. The minimum absolute atomic E-state index is 0.162. The molecule has 0 bridgehead atoms. The molecule has 0 radical (unpaired) electrons. The Labute approximate surface area is 173 Å². The summed E-state index contributed by atoms with van der Waals surface area (Å²) in [5, 5.41) is 13.1. The molecule has 0 saturated carbocycles. The zero-order chi connectivity index (χ0) is 20.7. The molecule has 29 heavy (non-hydrogen) atoms. The standard InChI is InChI=1S/C21H20ClN5O2/c1-26(2)13-8-10-17(22)16(11-13)21(24)29-27-19-14-6-4-3-5-12(14)7-9-15(19)18(25-27)20(23)28/h3-6,8,10-11,24H,7,9H2,1-2H3,(H2,23,28). The van der Waals surface area contributed by atoms with Gasteiger partial charge in [0.25, 0.3) is 5.91 Å².